The summed E-state index contributed by atoms with van der Waals surface area (Å²) in [5.41, 5.74) is 2.36. The molecule has 10 heteroatoms. The summed E-state index contributed by atoms with van der Waals surface area (Å²) in [6, 6.07) is 5.43. The van der Waals surface area contributed by atoms with Gasteiger partial charge in [0.1, 0.15) is 0 Å². The number of imide groups is 1. The molecule has 2 N–H and O–H groups in total. The number of ether oxygens (including phenoxy) is 1. The lowest BCUT2D eigenvalue weighted by Crippen LogP contribution is -2.42. The summed E-state index contributed by atoms with van der Waals surface area (Å²) in [6.07, 6.45) is -0.0284. The van der Waals surface area contributed by atoms with Crippen LogP contribution in [0.2, 0.25) is 0 Å². The molecule has 0 aromatic heterocycles. The average molecular weight is 409 g/mol. The van der Waals surface area contributed by atoms with Gasteiger partial charge < -0.3 is 10.1 Å². The minimum Gasteiger partial charge on any atom is -0.452 e. The summed E-state index contributed by atoms with van der Waals surface area (Å²) in [4.78, 5) is 36.6. The lowest BCUT2D eigenvalue weighted by atomic mass is 10.1. The van der Waals surface area contributed by atoms with Crippen LogP contribution >= 0.6 is 0 Å². The summed E-state index contributed by atoms with van der Waals surface area (Å²) in [5, 5.41) is 2.69. The highest BCUT2D eigenvalue weighted by molar-refractivity contribution is 7.90. The van der Waals surface area contributed by atoms with E-state index in [1.807, 2.05) is 13.8 Å². The number of rotatable bonds is 6. The lowest BCUT2D eigenvalue weighted by Gasteiger charge is -2.16. The molecular weight excluding hydrogens is 386 g/mol. The van der Waals surface area contributed by atoms with Crippen LogP contribution in [0.4, 0.5) is 9.59 Å². The van der Waals surface area contributed by atoms with Crippen LogP contribution in [0.3, 0.4) is 0 Å². The molecule has 1 heterocycles. The maximum Gasteiger partial charge on any atom is 0.420 e. The molecule has 4 amide bonds. The Morgan fingerprint density at radius 2 is 1.86 bits per heavy atom. The molecule has 1 aromatic carbocycles. The maximum atomic E-state index is 12.2. The van der Waals surface area contributed by atoms with E-state index >= 15 is 0 Å². The van der Waals surface area contributed by atoms with Gasteiger partial charge in [-0.05, 0) is 43.0 Å². The number of sulfonamides is 1. The smallest absolute Gasteiger partial charge is 0.420 e. The van der Waals surface area contributed by atoms with Gasteiger partial charge in [0.2, 0.25) is 0 Å². The molecule has 9 nitrogen and oxygen atoms in total. The highest BCUT2D eigenvalue weighted by Crippen LogP contribution is 2.21. The molecule has 0 radical (unpaired) electrons. The fourth-order valence-corrected chi connectivity index (χ4v) is 3.74. The topological polar surface area (TPSA) is 122 Å². The van der Waals surface area contributed by atoms with Crippen LogP contribution in [0.15, 0.2) is 40.3 Å². The largest absolute Gasteiger partial charge is 0.452 e. The van der Waals surface area contributed by atoms with Gasteiger partial charge in [-0.15, -0.1) is 0 Å². The van der Waals surface area contributed by atoms with Gasteiger partial charge in [0.05, 0.1) is 18.6 Å². The third kappa shape index (κ3) is 4.89. The van der Waals surface area contributed by atoms with Crippen LogP contribution < -0.4 is 10.0 Å². The van der Waals surface area contributed by atoms with Gasteiger partial charge in [-0.2, -0.15) is 0 Å². The van der Waals surface area contributed by atoms with E-state index in [0.29, 0.717) is 25.0 Å². The molecule has 0 saturated heterocycles. The van der Waals surface area contributed by atoms with Crippen molar-refractivity contribution < 1.29 is 27.5 Å². The van der Waals surface area contributed by atoms with Crippen molar-refractivity contribution >= 4 is 28.1 Å². The summed E-state index contributed by atoms with van der Waals surface area (Å²) >= 11 is 0. The number of methoxy groups -OCH3 is 1. The van der Waals surface area contributed by atoms with E-state index in [2.05, 4.69) is 10.1 Å². The van der Waals surface area contributed by atoms with Crippen molar-refractivity contribution in [2.45, 2.75) is 31.6 Å². The van der Waals surface area contributed by atoms with E-state index in [1.54, 1.807) is 16.9 Å². The lowest BCUT2D eigenvalue weighted by molar-refractivity contribution is -0.123. The molecule has 0 spiro atoms. The molecular formula is C18H23N3O6S. The van der Waals surface area contributed by atoms with Crippen LogP contribution in [-0.4, -0.2) is 51.5 Å². The second-order valence-corrected chi connectivity index (χ2v) is 7.91. The summed E-state index contributed by atoms with van der Waals surface area (Å²) < 4.78 is 30.0. The summed E-state index contributed by atoms with van der Waals surface area (Å²) in [7, 11) is -2.93. The maximum absolute atomic E-state index is 12.2. The standard InChI is InChI=1S/C18H23N3O6S/c1-4-15-12(2)11-21(16(15)22)17(23)19-10-9-13-5-7-14(8-6-13)28(25,26)20-18(24)27-3/h5-8H,4,9-11H2,1-3H3,(H,19,23)(H,20,24). The number of hydrogen-bond donors (Lipinski definition) is 2. The van der Waals surface area contributed by atoms with Gasteiger partial charge in [-0.1, -0.05) is 19.1 Å². The Bertz CT molecular complexity index is 906. The van der Waals surface area contributed by atoms with Crippen molar-refractivity contribution in [2.75, 3.05) is 20.2 Å². The van der Waals surface area contributed by atoms with Crippen molar-refractivity contribution in [2.24, 2.45) is 0 Å². The van der Waals surface area contributed by atoms with E-state index in [9.17, 15) is 22.8 Å². The van der Waals surface area contributed by atoms with E-state index in [0.717, 1.165) is 18.2 Å². The summed E-state index contributed by atoms with van der Waals surface area (Å²) in [6.45, 7) is 4.31. The van der Waals surface area contributed by atoms with E-state index in [-0.39, 0.29) is 17.3 Å². The Labute approximate surface area is 163 Å². The van der Waals surface area contributed by atoms with E-state index in [4.69, 9.17) is 0 Å². The molecule has 0 aliphatic carbocycles. The van der Waals surface area contributed by atoms with Gasteiger partial charge in [-0.25, -0.2) is 22.7 Å². The third-order valence-electron chi connectivity index (χ3n) is 4.34. The number of nitrogens with one attached hydrogen (secondary N) is 2. The van der Waals surface area contributed by atoms with Crippen LogP contribution in [0, 0.1) is 0 Å². The molecule has 28 heavy (non-hydrogen) atoms. The van der Waals surface area contributed by atoms with Gasteiger partial charge >= 0.3 is 12.1 Å². The second kappa shape index (κ2) is 8.87. The number of urea groups is 1. The van der Waals surface area contributed by atoms with E-state index < -0.39 is 22.1 Å². The predicted octanol–water partition coefficient (Wildman–Crippen LogP) is 1.55. The minimum atomic E-state index is -4.00. The normalized spacial score (nSPS) is 14.2. The highest BCUT2D eigenvalue weighted by Gasteiger charge is 2.31. The Kier molecular flexibility index (Phi) is 6.79. The number of amides is 4. The Balaban J connectivity index is 1.88. The Hall–Kier alpha value is -2.88. The zero-order chi connectivity index (χ0) is 20.9. The molecule has 2 rings (SSSR count). The van der Waals surface area contributed by atoms with Gasteiger partial charge in [0, 0.05) is 12.1 Å². The first-order valence-corrected chi connectivity index (χ1v) is 10.2. The first-order chi connectivity index (χ1) is 13.2. The van der Waals surface area contributed by atoms with Crippen LogP contribution in [0.25, 0.3) is 0 Å². The molecule has 1 aliphatic heterocycles. The third-order valence-corrected chi connectivity index (χ3v) is 5.67. The van der Waals surface area contributed by atoms with Gasteiger partial charge in [-0.3, -0.25) is 9.69 Å². The Morgan fingerprint density at radius 1 is 1.21 bits per heavy atom. The SMILES string of the molecule is CCC1=C(C)CN(C(=O)NCCc2ccc(S(=O)(=O)NC(=O)OC)cc2)C1=O. The molecule has 0 atom stereocenters. The van der Waals surface area contributed by atoms with Gasteiger partial charge in [0.15, 0.2) is 0 Å². The fourth-order valence-electron chi connectivity index (χ4n) is 2.82. The Morgan fingerprint density at radius 3 is 2.39 bits per heavy atom. The second-order valence-electron chi connectivity index (χ2n) is 6.23. The van der Waals surface area contributed by atoms with Crippen molar-refractivity contribution in [3.63, 3.8) is 0 Å². The van der Waals surface area contributed by atoms with Crippen molar-refractivity contribution in [3.05, 3.63) is 41.0 Å². The highest BCUT2D eigenvalue weighted by atomic mass is 32.2. The number of hydrogen-bond acceptors (Lipinski definition) is 6. The number of carbonyl (C=O) groups is 3. The average Bonchev–Trinajstić information content (AvgIpc) is 2.95. The first-order valence-electron chi connectivity index (χ1n) is 8.67. The van der Waals surface area contributed by atoms with Crippen molar-refractivity contribution in [3.8, 4) is 0 Å². The van der Waals surface area contributed by atoms with Crippen LogP contribution in [0.5, 0.6) is 0 Å². The summed E-state index contributed by atoms with van der Waals surface area (Å²) in [5.74, 6) is -0.259. The van der Waals surface area contributed by atoms with Crippen LogP contribution in [0.1, 0.15) is 25.8 Å². The van der Waals surface area contributed by atoms with Crippen molar-refractivity contribution in [1.29, 1.82) is 0 Å². The minimum absolute atomic E-state index is 0.0815. The molecule has 0 fully saturated rings. The zero-order valence-corrected chi connectivity index (χ0v) is 16.8. The predicted molar refractivity (Wildman–Crippen MR) is 101 cm³/mol. The fraction of sp³-hybridized carbons (Fsp3) is 0.389. The quantitative estimate of drug-likeness (QED) is 0.735. The number of benzene rings is 1. The van der Waals surface area contributed by atoms with E-state index in [1.165, 1.54) is 17.0 Å². The number of nitrogens with zero attached hydrogens (tertiary/aromatic N) is 1. The molecule has 1 aromatic rings. The zero-order valence-electron chi connectivity index (χ0n) is 15.9. The first kappa shape index (κ1) is 21.4. The van der Waals surface area contributed by atoms with Gasteiger partial charge in [0.25, 0.3) is 15.9 Å². The molecule has 152 valence electrons. The molecule has 0 unspecified atom stereocenters. The molecule has 0 bridgehead atoms. The molecule has 0 saturated carbocycles. The molecule has 1 aliphatic rings. The monoisotopic (exact) mass is 409 g/mol. The van der Waals surface area contributed by atoms with Crippen molar-refractivity contribution in [1.82, 2.24) is 14.9 Å². The van der Waals surface area contributed by atoms with Crippen LogP contribution in [-0.2, 0) is 26.0 Å². The number of carbonyl (C=O) groups excluding carboxylic acids is 3.